The zero-order valence-electron chi connectivity index (χ0n) is 15.8. The van der Waals surface area contributed by atoms with Crippen molar-refractivity contribution in [2.24, 2.45) is 4.99 Å². The van der Waals surface area contributed by atoms with E-state index in [1.165, 1.54) is 26.2 Å². The number of aliphatic imine (C=N–C) groups is 1. The highest BCUT2D eigenvalue weighted by Gasteiger charge is 2.31. The number of methoxy groups -OCH3 is 1. The van der Waals surface area contributed by atoms with Gasteiger partial charge in [0.05, 0.1) is 13.7 Å². The molecular weight excluding hydrogens is 445 g/mol. The first-order valence-corrected chi connectivity index (χ1v) is 8.98. The summed E-state index contributed by atoms with van der Waals surface area (Å²) in [6, 6.07) is 6.36. The minimum atomic E-state index is 0. The minimum Gasteiger partial charge on any atom is -0.493 e. The van der Waals surface area contributed by atoms with Gasteiger partial charge in [-0.3, -0.25) is 14.8 Å². The van der Waals surface area contributed by atoms with Crippen LogP contribution in [0.4, 0.5) is 5.69 Å². The number of piperazine rings is 3. The van der Waals surface area contributed by atoms with Crippen LogP contribution in [0.3, 0.4) is 0 Å². The van der Waals surface area contributed by atoms with E-state index in [1.807, 2.05) is 25.1 Å². The maximum Gasteiger partial charge on any atom is 0.195 e. The van der Waals surface area contributed by atoms with Gasteiger partial charge in [0.1, 0.15) is 0 Å². The molecule has 8 heteroatoms. The van der Waals surface area contributed by atoms with Gasteiger partial charge in [0, 0.05) is 64.1 Å². The summed E-state index contributed by atoms with van der Waals surface area (Å²) in [5.74, 6) is 2.23. The van der Waals surface area contributed by atoms with Gasteiger partial charge < -0.3 is 20.1 Å². The molecule has 0 saturated carbocycles. The first kappa shape index (κ1) is 21.0. The third-order valence-corrected chi connectivity index (χ3v) is 4.85. The standard InChI is InChI=1S/C18H29N5O2.HI/c1-4-25-17-11-14(5-6-16(17)24-3)21-18(19-2)20-12-15-13-22-7-9-23(15)10-8-22;/h5-6,11,15H,4,7-10,12-13H2,1-3H3,(H2,19,20,21);1H. The third-order valence-electron chi connectivity index (χ3n) is 4.85. The van der Waals surface area contributed by atoms with Gasteiger partial charge in [-0.2, -0.15) is 0 Å². The second-order valence-corrected chi connectivity index (χ2v) is 6.37. The molecule has 2 bridgehead atoms. The second-order valence-electron chi connectivity index (χ2n) is 6.37. The van der Waals surface area contributed by atoms with Crippen LogP contribution in [0, 0.1) is 0 Å². The summed E-state index contributed by atoms with van der Waals surface area (Å²) in [5.41, 5.74) is 0.923. The van der Waals surface area contributed by atoms with Crippen molar-refractivity contribution in [2.45, 2.75) is 13.0 Å². The van der Waals surface area contributed by atoms with Crippen LogP contribution < -0.4 is 20.1 Å². The first-order chi connectivity index (χ1) is 12.2. The van der Waals surface area contributed by atoms with E-state index in [2.05, 4.69) is 25.4 Å². The van der Waals surface area contributed by atoms with Gasteiger partial charge in [-0.15, -0.1) is 24.0 Å². The Hall–Kier alpha value is -1.26. The molecule has 7 nitrogen and oxygen atoms in total. The van der Waals surface area contributed by atoms with Crippen molar-refractivity contribution in [1.29, 1.82) is 0 Å². The van der Waals surface area contributed by atoms with Crippen molar-refractivity contribution in [3.63, 3.8) is 0 Å². The molecule has 3 fully saturated rings. The van der Waals surface area contributed by atoms with E-state index in [1.54, 1.807) is 14.2 Å². The van der Waals surface area contributed by atoms with E-state index in [-0.39, 0.29) is 24.0 Å². The Morgan fingerprint density at radius 3 is 2.58 bits per heavy atom. The zero-order chi connectivity index (χ0) is 17.6. The normalized spacial score (nSPS) is 24.6. The van der Waals surface area contributed by atoms with E-state index < -0.39 is 0 Å². The molecule has 1 unspecified atom stereocenters. The van der Waals surface area contributed by atoms with E-state index in [0.717, 1.165) is 36.2 Å². The maximum absolute atomic E-state index is 5.63. The molecule has 3 heterocycles. The lowest BCUT2D eigenvalue weighted by molar-refractivity contribution is 0.0155. The van der Waals surface area contributed by atoms with E-state index in [0.29, 0.717) is 12.6 Å². The summed E-state index contributed by atoms with van der Waals surface area (Å²) in [6.07, 6.45) is 0. The zero-order valence-corrected chi connectivity index (χ0v) is 18.2. The molecule has 3 saturated heterocycles. The molecule has 26 heavy (non-hydrogen) atoms. The van der Waals surface area contributed by atoms with Crippen molar-refractivity contribution < 1.29 is 9.47 Å². The number of anilines is 1. The molecular formula is C18H30IN5O2. The summed E-state index contributed by atoms with van der Waals surface area (Å²) in [5, 5.41) is 6.78. The fourth-order valence-corrected chi connectivity index (χ4v) is 3.47. The van der Waals surface area contributed by atoms with Gasteiger partial charge >= 0.3 is 0 Å². The highest BCUT2D eigenvalue weighted by molar-refractivity contribution is 14.0. The van der Waals surface area contributed by atoms with Crippen LogP contribution in [0.1, 0.15) is 6.92 Å². The van der Waals surface area contributed by atoms with Crippen molar-refractivity contribution in [2.75, 3.05) is 65.3 Å². The van der Waals surface area contributed by atoms with Gasteiger partial charge in [-0.1, -0.05) is 0 Å². The summed E-state index contributed by atoms with van der Waals surface area (Å²) in [4.78, 5) is 9.45. The van der Waals surface area contributed by atoms with Gasteiger partial charge in [0.2, 0.25) is 0 Å². The smallest absolute Gasteiger partial charge is 0.195 e. The molecule has 3 aliphatic rings. The van der Waals surface area contributed by atoms with Crippen molar-refractivity contribution in [3.8, 4) is 11.5 Å². The average molecular weight is 475 g/mol. The van der Waals surface area contributed by atoms with Gasteiger partial charge in [-0.25, -0.2) is 0 Å². The second kappa shape index (κ2) is 10.2. The Labute approximate surface area is 173 Å². The topological polar surface area (TPSA) is 61.4 Å². The molecule has 1 aromatic rings. The molecule has 0 spiro atoms. The molecule has 1 atom stereocenters. The van der Waals surface area contributed by atoms with Crippen LogP contribution in [0.5, 0.6) is 11.5 Å². The molecule has 0 amide bonds. The Morgan fingerprint density at radius 2 is 2.00 bits per heavy atom. The quantitative estimate of drug-likeness (QED) is 0.371. The van der Waals surface area contributed by atoms with E-state index >= 15 is 0 Å². The van der Waals surface area contributed by atoms with Crippen molar-refractivity contribution in [3.05, 3.63) is 18.2 Å². The van der Waals surface area contributed by atoms with Crippen LogP contribution in [0.15, 0.2) is 23.2 Å². The van der Waals surface area contributed by atoms with Gasteiger partial charge in [0.15, 0.2) is 17.5 Å². The molecule has 0 radical (unpaired) electrons. The number of guanidine groups is 1. The molecule has 0 aromatic heterocycles. The fourth-order valence-electron chi connectivity index (χ4n) is 3.47. The predicted octanol–water partition coefficient (Wildman–Crippen LogP) is 1.70. The Morgan fingerprint density at radius 1 is 1.23 bits per heavy atom. The third kappa shape index (κ3) is 5.14. The van der Waals surface area contributed by atoms with Gasteiger partial charge in [0.25, 0.3) is 0 Å². The number of nitrogens with one attached hydrogen (secondary N) is 2. The molecule has 2 N–H and O–H groups in total. The number of rotatable bonds is 6. The predicted molar refractivity (Wildman–Crippen MR) is 116 cm³/mol. The summed E-state index contributed by atoms with van der Waals surface area (Å²) in [7, 11) is 3.44. The highest BCUT2D eigenvalue weighted by Crippen LogP contribution is 2.30. The lowest BCUT2D eigenvalue weighted by Gasteiger charge is -2.47. The molecule has 0 aliphatic carbocycles. The van der Waals surface area contributed by atoms with E-state index in [4.69, 9.17) is 9.47 Å². The van der Waals surface area contributed by atoms with Crippen molar-refractivity contribution in [1.82, 2.24) is 15.1 Å². The van der Waals surface area contributed by atoms with Crippen LogP contribution in [-0.2, 0) is 0 Å². The number of hydrogen-bond donors (Lipinski definition) is 2. The summed E-state index contributed by atoms with van der Waals surface area (Å²) in [6.45, 7) is 9.35. The first-order valence-electron chi connectivity index (χ1n) is 8.98. The molecule has 4 rings (SSSR count). The number of benzene rings is 1. The number of halogens is 1. The molecule has 3 aliphatic heterocycles. The Balaban J connectivity index is 0.00000243. The largest absolute Gasteiger partial charge is 0.493 e. The number of hydrogen-bond acceptors (Lipinski definition) is 5. The maximum atomic E-state index is 5.63. The molecule has 1 aromatic carbocycles. The lowest BCUT2D eigenvalue weighted by Crippen LogP contribution is -2.63. The van der Waals surface area contributed by atoms with Crippen LogP contribution >= 0.6 is 24.0 Å². The number of ether oxygens (including phenoxy) is 2. The summed E-state index contributed by atoms with van der Waals surface area (Å²) >= 11 is 0. The monoisotopic (exact) mass is 475 g/mol. The summed E-state index contributed by atoms with van der Waals surface area (Å²) < 4.78 is 11.0. The van der Waals surface area contributed by atoms with Crippen LogP contribution in [0.25, 0.3) is 0 Å². The Bertz CT molecular complexity index is 605. The van der Waals surface area contributed by atoms with E-state index in [9.17, 15) is 0 Å². The fraction of sp³-hybridized carbons (Fsp3) is 0.611. The minimum absolute atomic E-state index is 0. The SMILES string of the molecule is CCOc1cc(NC(=NC)NCC2CN3CCN2CC3)ccc1OC.I. The lowest BCUT2D eigenvalue weighted by atomic mass is 10.1. The van der Waals surface area contributed by atoms with Crippen LogP contribution in [0.2, 0.25) is 0 Å². The van der Waals surface area contributed by atoms with Crippen LogP contribution in [-0.4, -0.2) is 81.8 Å². The van der Waals surface area contributed by atoms with Crippen molar-refractivity contribution >= 4 is 35.6 Å². The molecule has 146 valence electrons. The van der Waals surface area contributed by atoms with Gasteiger partial charge in [-0.05, 0) is 19.1 Å². The average Bonchev–Trinajstić information content (AvgIpc) is 2.66. The number of nitrogens with zero attached hydrogens (tertiary/aromatic N) is 3. The Kier molecular flexibility index (Phi) is 8.23. The number of fused-ring (bicyclic) bond motifs is 3. The highest BCUT2D eigenvalue weighted by atomic mass is 127.